The Labute approximate surface area is 152 Å². The molecule has 1 aromatic rings. The van der Waals surface area contributed by atoms with Crippen LogP contribution in [0.5, 0.6) is 0 Å². The second kappa shape index (κ2) is 8.44. The minimum atomic E-state index is -4.41. The Bertz CT molecular complexity index is 618. The SMILES string of the molecule is O=C(CCC1CCCCC1)NCCn1nc(C(F)(F)F)c2c1CCCC2. The van der Waals surface area contributed by atoms with Crippen LogP contribution in [-0.4, -0.2) is 22.2 Å². The predicted octanol–water partition coefficient (Wildman–Crippen LogP) is 4.26. The maximum Gasteiger partial charge on any atom is 0.435 e. The fourth-order valence-electron chi connectivity index (χ4n) is 4.28. The number of alkyl halides is 3. The van der Waals surface area contributed by atoms with Gasteiger partial charge in [-0.25, -0.2) is 0 Å². The van der Waals surface area contributed by atoms with E-state index in [1.165, 1.54) is 36.8 Å². The summed E-state index contributed by atoms with van der Waals surface area (Å²) in [4.78, 5) is 12.0. The average molecular weight is 371 g/mol. The summed E-state index contributed by atoms with van der Waals surface area (Å²) in [6.45, 7) is 0.627. The Morgan fingerprint density at radius 2 is 1.85 bits per heavy atom. The largest absolute Gasteiger partial charge is 0.435 e. The van der Waals surface area contributed by atoms with Crippen LogP contribution in [0, 0.1) is 5.92 Å². The summed E-state index contributed by atoms with van der Waals surface area (Å²) in [7, 11) is 0. The van der Waals surface area contributed by atoms with E-state index in [1.807, 2.05) is 0 Å². The lowest BCUT2D eigenvalue weighted by Crippen LogP contribution is -2.28. The zero-order chi connectivity index (χ0) is 18.6. The highest BCUT2D eigenvalue weighted by atomic mass is 19.4. The van der Waals surface area contributed by atoms with Crippen LogP contribution in [-0.2, 0) is 30.4 Å². The predicted molar refractivity (Wildman–Crippen MR) is 92.7 cm³/mol. The third-order valence-electron chi connectivity index (χ3n) is 5.68. The van der Waals surface area contributed by atoms with E-state index in [-0.39, 0.29) is 5.91 Å². The quantitative estimate of drug-likeness (QED) is 0.812. The smallest absolute Gasteiger partial charge is 0.354 e. The van der Waals surface area contributed by atoms with Gasteiger partial charge < -0.3 is 5.32 Å². The van der Waals surface area contributed by atoms with Gasteiger partial charge in [-0.05, 0) is 38.0 Å². The van der Waals surface area contributed by atoms with Gasteiger partial charge in [-0.3, -0.25) is 9.48 Å². The van der Waals surface area contributed by atoms with Crippen molar-refractivity contribution in [3.63, 3.8) is 0 Å². The van der Waals surface area contributed by atoms with Gasteiger partial charge in [-0.15, -0.1) is 0 Å². The first-order valence-corrected chi connectivity index (χ1v) is 9.87. The lowest BCUT2D eigenvalue weighted by atomic mass is 9.86. The molecule has 4 nitrogen and oxygen atoms in total. The normalized spacial score (nSPS) is 18.6. The number of fused-ring (bicyclic) bond motifs is 1. The molecule has 0 saturated heterocycles. The molecule has 1 saturated carbocycles. The van der Waals surface area contributed by atoms with Crippen LogP contribution >= 0.6 is 0 Å². The van der Waals surface area contributed by atoms with Gasteiger partial charge in [0.05, 0.1) is 6.54 Å². The molecule has 0 radical (unpaired) electrons. The molecule has 26 heavy (non-hydrogen) atoms. The molecule has 3 rings (SSSR count). The van der Waals surface area contributed by atoms with Gasteiger partial charge in [0.15, 0.2) is 5.69 Å². The minimum absolute atomic E-state index is 0.00681. The highest BCUT2D eigenvalue weighted by molar-refractivity contribution is 5.75. The van der Waals surface area contributed by atoms with Gasteiger partial charge in [0.25, 0.3) is 0 Å². The van der Waals surface area contributed by atoms with Crippen molar-refractivity contribution in [2.45, 2.75) is 83.4 Å². The van der Waals surface area contributed by atoms with Crippen LogP contribution in [0.3, 0.4) is 0 Å². The van der Waals surface area contributed by atoms with Gasteiger partial charge in [-0.1, -0.05) is 32.1 Å². The Balaban J connectivity index is 1.50. The topological polar surface area (TPSA) is 46.9 Å². The number of hydrogen-bond donors (Lipinski definition) is 1. The fourth-order valence-corrected chi connectivity index (χ4v) is 4.28. The number of carbonyl (C=O) groups excluding carboxylic acids is 1. The van der Waals surface area contributed by atoms with E-state index in [4.69, 9.17) is 0 Å². The zero-order valence-corrected chi connectivity index (χ0v) is 15.2. The van der Waals surface area contributed by atoms with Crippen molar-refractivity contribution >= 4 is 5.91 Å². The summed E-state index contributed by atoms with van der Waals surface area (Å²) in [5.74, 6) is 0.648. The lowest BCUT2D eigenvalue weighted by molar-refractivity contribution is -0.142. The number of hydrogen-bond acceptors (Lipinski definition) is 2. The van der Waals surface area contributed by atoms with Gasteiger partial charge in [0, 0.05) is 24.2 Å². The standard InChI is InChI=1S/C19H28F3N3O/c20-19(21,22)18-15-8-4-5-9-16(15)25(24-18)13-12-23-17(26)11-10-14-6-2-1-3-7-14/h14H,1-13H2,(H,23,26). The van der Waals surface area contributed by atoms with E-state index < -0.39 is 11.9 Å². The molecule has 0 atom stereocenters. The molecule has 0 unspecified atom stereocenters. The molecule has 1 aromatic heterocycles. The van der Waals surface area contributed by atoms with E-state index in [0.717, 1.165) is 19.3 Å². The molecule has 0 bridgehead atoms. The van der Waals surface area contributed by atoms with Crippen molar-refractivity contribution < 1.29 is 18.0 Å². The van der Waals surface area contributed by atoms with Gasteiger partial charge in [0.2, 0.25) is 5.91 Å². The van der Waals surface area contributed by atoms with Crippen LogP contribution in [0.1, 0.15) is 74.7 Å². The Morgan fingerprint density at radius 1 is 1.12 bits per heavy atom. The number of amides is 1. The molecule has 2 aliphatic rings. The van der Waals surface area contributed by atoms with E-state index in [9.17, 15) is 18.0 Å². The number of rotatable bonds is 6. The Kier molecular flexibility index (Phi) is 6.24. The van der Waals surface area contributed by atoms with E-state index >= 15 is 0 Å². The first-order chi connectivity index (χ1) is 12.4. The van der Waals surface area contributed by atoms with Crippen molar-refractivity contribution in [2.24, 2.45) is 5.92 Å². The Morgan fingerprint density at radius 3 is 2.58 bits per heavy atom. The fraction of sp³-hybridized carbons (Fsp3) is 0.789. The maximum absolute atomic E-state index is 13.2. The van der Waals surface area contributed by atoms with Gasteiger partial charge in [-0.2, -0.15) is 18.3 Å². The van der Waals surface area contributed by atoms with Crippen molar-refractivity contribution in [2.75, 3.05) is 6.54 Å². The van der Waals surface area contributed by atoms with Crippen LogP contribution in [0.2, 0.25) is 0 Å². The molecular weight excluding hydrogens is 343 g/mol. The molecule has 1 heterocycles. The molecule has 0 aromatic carbocycles. The molecule has 0 aliphatic heterocycles. The highest BCUT2D eigenvalue weighted by Gasteiger charge is 2.39. The van der Waals surface area contributed by atoms with E-state index in [0.29, 0.717) is 49.5 Å². The summed E-state index contributed by atoms with van der Waals surface area (Å²) in [6, 6.07) is 0. The zero-order valence-electron chi connectivity index (χ0n) is 15.2. The molecule has 1 N–H and O–H groups in total. The second-order valence-corrected chi connectivity index (χ2v) is 7.59. The lowest BCUT2D eigenvalue weighted by Gasteiger charge is -2.21. The number of nitrogens with zero attached hydrogens (tertiary/aromatic N) is 2. The second-order valence-electron chi connectivity index (χ2n) is 7.59. The number of nitrogens with one attached hydrogen (secondary N) is 1. The van der Waals surface area contributed by atoms with Crippen LogP contribution in [0.25, 0.3) is 0 Å². The molecule has 1 fully saturated rings. The summed E-state index contributed by atoms with van der Waals surface area (Å²) in [5.41, 5.74) is 0.309. The van der Waals surface area contributed by atoms with Crippen LogP contribution in [0.4, 0.5) is 13.2 Å². The summed E-state index contributed by atoms with van der Waals surface area (Å²) < 4.78 is 41.0. The molecule has 0 spiro atoms. The minimum Gasteiger partial charge on any atom is -0.354 e. The number of aromatic nitrogens is 2. The van der Waals surface area contributed by atoms with Crippen molar-refractivity contribution in [3.8, 4) is 0 Å². The monoisotopic (exact) mass is 371 g/mol. The van der Waals surface area contributed by atoms with Crippen molar-refractivity contribution in [3.05, 3.63) is 17.0 Å². The molecule has 1 amide bonds. The first-order valence-electron chi connectivity index (χ1n) is 9.87. The van der Waals surface area contributed by atoms with Crippen LogP contribution in [0.15, 0.2) is 0 Å². The van der Waals surface area contributed by atoms with Gasteiger partial charge >= 0.3 is 6.18 Å². The highest BCUT2D eigenvalue weighted by Crippen LogP contribution is 2.35. The first kappa shape index (κ1) is 19.2. The third-order valence-corrected chi connectivity index (χ3v) is 5.68. The number of carbonyl (C=O) groups is 1. The third kappa shape index (κ3) is 4.80. The van der Waals surface area contributed by atoms with Gasteiger partial charge in [0.1, 0.15) is 0 Å². The summed E-state index contributed by atoms with van der Waals surface area (Å²) >= 11 is 0. The molecular formula is C19H28F3N3O. The Hall–Kier alpha value is -1.53. The van der Waals surface area contributed by atoms with Crippen molar-refractivity contribution in [1.29, 1.82) is 0 Å². The maximum atomic E-state index is 13.2. The molecule has 7 heteroatoms. The average Bonchev–Trinajstić information content (AvgIpc) is 3.00. The van der Waals surface area contributed by atoms with Crippen molar-refractivity contribution in [1.82, 2.24) is 15.1 Å². The van der Waals surface area contributed by atoms with E-state index in [2.05, 4.69) is 10.4 Å². The molecule has 146 valence electrons. The number of halogens is 3. The van der Waals surface area contributed by atoms with E-state index in [1.54, 1.807) is 0 Å². The molecule has 2 aliphatic carbocycles. The summed E-state index contributed by atoms with van der Waals surface area (Å²) in [5, 5.41) is 6.66. The summed E-state index contributed by atoms with van der Waals surface area (Å²) in [6.07, 6.45) is 6.02. The van der Waals surface area contributed by atoms with Crippen LogP contribution < -0.4 is 5.32 Å².